The number of rotatable bonds is 2. The molecular weight excluding hydrogens is 254 g/mol. The lowest BCUT2D eigenvalue weighted by atomic mass is 9.62. The van der Waals surface area contributed by atoms with E-state index in [-0.39, 0.29) is 5.41 Å². The number of benzene rings is 1. The Morgan fingerprint density at radius 3 is 2.40 bits per heavy atom. The molecule has 1 aliphatic carbocycles. The van der Waals surface area contributed by atoms with E-state index >= 15 is 0 Å². The van der Waals surface area contributed by atoms with E-state index in [1.807, 2.05) is 19.1 Å². The maximum absolute atomic E-state index is 11.2. The molecule has 0 radical (unpaired) electrons. The van der Waals surface area contributed by atoms with E-state index in [9.17, 15) is 9.59 Å². The predicted octanol–water partition coefficient (Wildman–Crippen LogP) is 2.64. The number of Topliss-reactive ketones (excluding diaryl/α,β-unsaturated/α-hetero) is 1. The summed E-state index contributed by atoms with van der Waals surface area (Å²) in [5.74, 6) is -0.472. The highest BCUT2D eigenvalue weighted by molar-refractivity contribution is 5.90. The Balaban J connectivity index is 1.70. The Labute approximate surface area is 118 Å². The van der Waals surface area contributed by atoms with Crippen LogP contribution in [0.5, 0.6) is 0 Å². The Hall–Kier alpha value is -1.84. The Bertz CT molecular complexity index is 561. The first kappa shape index (κ1) is 13.2. The van der Waals surface area contributed by atoms with Crippen molar-refractivity contribution in [2.45, 2.75) is 32.6 Å². The van der Waals surface area contributed by atoms with Crippen molar-refractivity contribution in [2.24, 2.45) is 5.41 Å². The molecule has 0 aromatic heterocycles. The van der Waals surface area contributed by atoms with Crippen LogP contribution in [-0.4, -0.2) is 29.9 Å². The third kappa shape index (κ3) is 2.19. The number of aryl methyl sites for hydroxylation is 1. The molecule has 1 N–H and O–H groups in total. The maximum atomic E-state index is 11.2. The number of carboxylic acid groups (broad SMARTS) is 1. The lowest BCUT2D eigenvalue weighted by Gasteiger charge is -2.47. The molecule has 0 amide bonds. The van der Waals surface area contributed by atoms with Crippen molar-refractivity contribution in [3.8, 4) is 0 Å². The normalized spacial score (nSPS) is 20.9. The zero-order valence-electron chi connectivity index (χ0n) is 11.7. The molecule has 106 valence electrons. The highest BCUT2D eigenvalue weighted by Crippen LogP contribution is 2.47. The van der Waals surface area contributed by atoms with Gasteiger partial charge in [-0.1, -0.05) is 0 Å². The number of carbonyl (C=O) groups excluding carboxylic acids is 1. The third-order valence-corrected chi connectivity index (χ3v) is 4.77. The average molecular weight is 273 g/mol. The van der Waals surface area contributed by atoms with Crippen LogP contribution in [0.2, 0.25) is 0 Å². The smallest absolute Gasteiger partial charge is 0.335 e. The van der Waals surface area contributed by atoms with Crippen LogP contribution in [0.25, 0.3) is 0 Å². The van der Waals surface area contributed by atoms with E-state index in [0.29, 0.717) is 11.3 Å². The van der Waals surface area contributed by atoms with Crippen molar-refractivity contribution in [2.75, 3.05) is 18.0 Å². The molecule has 1 aromatic rings. The lowest BCUT2D eigenvalue weighted by molar-refractivity contribution is -0.133. The zero-order valence-corrected chi connectivity index (χ0v) is 11.7. The van der Waals surface area contributed by atoms with Crippen LogP contribution in [-0.2, 0) is 4.79 Å². The van der Waals surface area contributed by atoms with Crippen molar-refractivity contribution in [3.05, 3.63) is 29.3 Å². The summed E-state index contributed by atoms with van der Waals surface area (Å²) in [5.41, 5.74) is 2.54. The third-order valence-electron chi connectivity index (χ3n) is 4.77. The van der Waals surface area contributed by atoms with Gasteiger partial charge in [0, 0.05) is 31.6 Å². The molecule has 2 fully saturated rings. The summed E-state index contributed by atoms with van der Waals surface area (Å²) in [7, 11) is 0. The summed E-state index contributed by atoms with van der Waals surface area (Å²) in [6.45, 7) is 3.75. The Kier molecular flexibility index (Phi) is 3.04. The minimum Gasteiger partial charge on any atom is -0.478 e. The molecule has 1 saturated heterocycles. The van der Waals surface area contributed by atoms with Gasteiger partial charge in [0.15, 0.2) is 0 Å². The molecule has 2 aliphatic rings. The predicted molar refractivity (Wildman–Crippen MR) is 76.3 cm³/mol. The molecule has 0 bridgehead atoms. The summed E-state index contributed by atoms with van der Waals surface area (Å²) >= 11 is 0. The van der Waals surface area contributed by atoms with Gasteiger partial charge in [-0.25, -0.2) is 4.79 Å². The summed E-state index contributed by atoms with van der Waals surface area (Å²) in [6.07, 6.45) is 3.66. The van der Waals surface area contributed by atoms with Crippen molar-refractivity contribution in [3.63, 3.8) is 0 Å². The number of aromatic carboxylic acids is 1. The van der Waals surface area contributed by atoms with Crippen LogP contribution in [0.1, 0.15) is 41.6 Å². The zero-order chi connectivity index (χ0) is 14.3. The lowest BCUT2D eigenvalue weighted by Crippen LogP contribution is -2.47. The number of carboxylic acids is 1. The van der Waals surface area contributed by atoms with E-state index in [1.54, 1.807) is 6.07 Å². The van der Waals surface area contributed by atoms with Crippen molar-refractivity contribution in [1.82, 2.24) is 0 Å². The van der Waals surface area contributed by atoms with Gasteiger partial charge >= 0.3 is 5.97 Å². The minimum atomic E-state index is -0.875. The molecule has 4 heteroatoms. The standard InChI is InChI=1S/C16H19NO3/c1-11-8-12(2-3-14(11)15(19)20)17-6-4-16(5-7-17)9-13(18)10-16/h2-3,8H,4-7,9-10H2,1H3,(H,19,20). The van der Waals surface area contributed by atoms with Gasteiger partial charge < -0.3 is 10.0 Å². The molecule has 0 unspecified atom stereocenters. The van der Waals surface area contributed by atoms with E-state index in [0.717, 1.165) is 50.0 Å². The summed E-state index contributed by atoms with van der Waals surface area (Å²) in [4.78, 5) is 24.5. The second-order valence-electron chi connectivity index (χ2n) is 6.18. The van der Waals surface area contributed by atoms with Crippen molar-refractivity contribution < 1.29 is 14.7 Å². The largest absolute Gasteiger partial charge is 0.478 e. The number of nitrogens with zero attached hydrogens (tertiary/aromatic N) is 1. The fourth-order valence-corrected chi connectivity index (χ4v) is 3.46. The highest BCUT2D eigenvalue weighted by atomic mass is 16.4. The number of piperidine rings is 1. The summed E-state index contributed by atoms with van der Waals surface area (Å²) in [6, 6.07) is 5.53. The van der Waals surface area contributed by atoms with Crippen LogP contribution < -0.4 is 4.90 Å². The van der Waals surface area contributed by atoms with Crippen LogP contribution in [0.3, 0.4) is 0 Å². The highest BCUT2D eigenvalue weighted by Gasteiger charge is 2.45. The van der Waals surface area contributed by atoms with E-state index < -0.39 is 5.97 Å². The van der Waals surface area contributed by atoms with Gasteiger partial charge in [0.2, 0.25) is 0 Å². The fourth-order valence-electron chi connectivity index (χ4n) is 3.46. The Morgan fingerprint density at radius 2 is 1.90 bits per heavy atom. The first-order valence-electron chi connectivity index (χ1n) is 7.10. The number of hydrogen-bond acceptors (Lipinski definition) is 3. The minimum absolute atomic E-state index is 0.281. The van der Waals surface area contributed by atoms with Gasteiger partial charge in [0.1, 0.15) is 5.78 Å². The quantitative estimate of drug-likeness (QED) is 0.900. The van der Waals surface area contributed by atoms with E-state index in [1.165, 1.54) is 0 Å². The SMILES string of the molecule is Cc1cc(N2CCC3(CC2)CC(=O)C3)ccc1C(=O)O. The molecular formula is C16H19NO3. The van der Waals surface area contributed by atoms with E-state index in [4.69, 9.17) is 5.11 Å². The van der Waals surface area contributed by atoms with Gasteiger partial charge in [-0.2, -0.15) is 0 Å². The topological polar surface area (TPSA) is 57.6 Å². The number of ketones is 1. The fraction of sp³-hybridized carbons (Fsp3) is 0.500. The van der Waals surface area contributed by atoms with Crippen LogP contribution in [0.15, 0.2) is 18.2 Å². The molecule has 0 atom stereocenters. The first-order valence-corrected chi connectivity index (χ1v) is 7.10. The molecule has 1 heterocycles. The van der Waals surface area contributed by atoms with Crippen LogP contribution in [0.4, 0.5) is 5.69 Å². The molecule has 1 aromatic carbocycles. The molecule has 4 nitrogen and oxygen atoms in total. The summed E-state index contributed by atoms with van der Waals surface area (Å²) in [5, 5.41) is 9.05. The van der Waals surface area contributed by atoms with Gasteiger partial charge in [0.25, 0.3) is 0 Å². The molecule has 20 heavy (non-hydrogen) atoms. The Morgan fingerprint density at radius 1 is 1.25 bits per heavy atom. The second kappa shape index (κ2) is 4.62. The number of carbonyl (C=O) groups is 2. The monoisotopic (exact) mass is 273 g/mol. The van der Waals surface area contributed by atoms with Crippen LogP contribution >= 0.6 is 0 Å². The number of anilines is 1. The van der Waals surface area contributed by atoms with Gasteiger partial charge in [-0.15, -0.1) is 0 Å². The molecule has 1 aliphatic heterocycles. The molecule has 1 spiro atoms. The summed E-state index contributed by atoms with van der Waals surface area (Å²) < 4.78 is 0. The average Bonchev–Trinajstić information content (AvgIpc) is 2.37. The van der Waals surface area contributed by atoms with E-state index in [2.05, 4.69) is 4.90 Å². The van der Waals surface area contributed by atoms with Gasteiger partial charge in [-0.05, 0) is 48.9 Å². The maximum Gasteiger partial charge on any atom is 0.335 e. The van der Waals surface area contributed by atoms with Crippen molar-refractivity contribution in [1.29, 1.82) is 0 Å². The molecule has 3 rings (SSSR count). The molecule has 1 saturated carbocycles. The first-order chi connectivity index (χ1) is 9.49. The van der Waals surface area contributed by atoms with Gasteiger partial charge in [0.05, 0.1) is 5.56 Å². The van der Waals surface area contributed by atoms with Crippen molar-refractivity contribution >= 4 is 17.4 Å². The van der Waals surface area contributed by atoms with Gasteiger partial charge in [-0.3, -0.25) is 4.79 Å². The number of hydrogen-bond donors (Lipinski definition) is 1. The van der Waals surface area contributed by atoms with Crippen LogP contribution in [0, 0.1) is 12.3 Å². The second-order valence-corrected chi connectivity index (χ2v) is 6.18.